The van der Waals surface area contributed by atoms with Gasteiger partial charge in [-0.25, -0.2) is 14.5 Å². The first-order valence-electron chi connectivity index (χ1n) is 10.6. The molecule has 3 heterocycles. The highest BCUT2D eigenvalue weighted by Gasteiger charge is 2.40. The maximum absolute atomic E-state index is 14.7. The minimum Gasteiger partial charge on any atom is -0.331 e. The molecule has 0 aliphatic carbocycles. The number of carbonyl (C=O) groups is 1. The SMILES string of the molecule is [B]c1nc(C(F)(F)F)n2c1CN(C(=O)c1cc(Cc3n[nH]c(=O)c4ccccc34)ccc1F)CC2. The van der Waals surface area contributed by atoms with Gasteiger partial charge in [0.1, 0.15) is 13.7 Å². The fraction of sp³-hybridized carbons (Fsp3) is 0.217. The van der Waals surface area contributed by atoms with Crippen LogP contribution in [0.2, 0.25) is 0 Å². The molecule has 0 spiro atoms. The molecule has 0 bridgehead atoms. The Morgan fingerprint density at radius 3 is 2.60 bits per heavy atom. The van der Waals surface area contributed by atoms with Crippen LogP contribution in [0.5, 0.6) is 0 Å². The molecule has 1 aliphatic rings. The first kappa shape index (κ1) is 22.8. The van der Waals surface area contributed by atoms with Gasteiger partial charge in [-0.05, 0) is 23.8 Å². The molecule has 12 heteroatoms. The Hall–Kier alpha value is -3.96. The van der Waals surface area contributed by atoms with Gasteiger partial charge >= 0.3 is 6.18 Å². The fourth-order valence-corrected chi connectivity index (χ4v) is 4.30. The van der Waals surface area contributed by atoms with Crippen molar-refractivity contribution in [1.82, 2.24) is 24.6 Å². The standard InChI is InChI=1S/C23H16BF4N5O2/c24-19-18-11-32(7-8-33(18)22(29-19)23(26,27)28)21(35)15-9-12(5-6-16(15)25)10-17-13-3-1-2-4-14(13)20(34)31-30-17/h1-6,9H,7-8,10-11H2,(H,31,34). The van der Waals surface area contributed by atoms with Gasteiger partial charge < -0.3 is 9.47 Å². The Morgan fingerprint density at radius 1 is 1.11 bits per heavy atom. The van der Waals surface area contributed by atoms with Gasteiger partial charge in [0.25, 0.3) is 11.5 Å². The van der Waals surface area contributed by atoms with Gasteiger partial charge in [-0.15, -0.1) is 0 Å². The van der Waals surface area contributed by atoms with Crippen molar-refractivity contribution in [3.05, 3.63) is 87.0 Å². The summed E-state index contributed by atoms with van der Waals surface area (Å²) in [6, 6.07) is 11.0. The second-order valence-corrected chi connectivity index (χ2v) is 8.18. The maximum atomic E-state index is 14.7. The second kappa shape index (κ2) is 8.37. The zero-order valence-corrected chi connectivity index (χ0v) is 18.1. The Kier molecular flexibility index (Phi) is 5.45. The Labute approximate surface area is 196 Å². The average Bonchev–Trinajstić information content (AvgIpc) is 3.18. The summed E-state index contributed by atoms with van der Waals surface area (Å²) in [5.74, 6) is -2.56. The van der Waals surface area contributed by atoms with E-state index < -0.39 is 23.7 Å². The van der Waals surface area contributed by atoms with Gasteiger partial charge in [-0.2, -0.15) is 18.3 Å². The van der Waals surface area contributed by atoms with Crippen molar-refractivity contribution >= 4 is 30.1 Å². The lowest BCUT2D eigenvalue weighted by Crippen LogP contribution is -2.41. The third kappa shape index (κ3) is 4.09. The van der Waals surface area contributed by atoms with E-state index in [1.54, 1.807) is 24.3 Å². The van der Waals surface area contributed by atoms with E-state index in [0.29, 0.717) is 22.0 Å². The van der Waals surface area contributed by atoms with Crippen molar-refractivity contribution in [3.8, 4) is 0 Å². The van der Waals surface area contributed by atoms with Crippen LogP contribution in [0.3, 0.4) is 0 Å². The average molecular weight is 481 g/mol. The van der Waals surface area contributed by atoms with Crippen LogP contribution in [0.4, 0.5) is 17.6 Å². The van der Waals surface area contributed by atoms with Crippen molar-refractivity contribution in [2.45, 2.75) is 25.7 Å². The molecule has 0 unspecified atom stereocenters. The number of amides is 1. The Morgan fingerprint density at radius 2 is 1.86 bits per heavy atom. The smallest absolute Gasteiger partial charge is 0.331 e. The molecular weight excluding hydrogens is 465 g/mol. The Bertz CT molecular complexity index is 1530. The van der Waals surface area contributed by atoms with E-state index in [4.69, 9.17) is 7.85 Å². The molecule has 5 rings (SSSR count). The van der Waals surface area contributed by atoms with Crippen LogP contribution in [0.25, 0.3) is 10.8 Å². The van der Waals surface area contributed by atoms with E-state index in [9.17, 15) is 27.2 Å². The fourth-order valence-electron chi connectivity index (χ4n) is 4.30. The number of nitrogens with one attached hydrogen (secondary N) is 1. The molecule has 1 N–H and O–H groups in total. The second-order valence-electron chi connectivity index (χ2n) is 8.18. The van der Waals surface area contributed by atoms with Crippen molar-refractivity contribution in [2.75, 3.05) is 6.54 Å². The monoisotopic (exact) mass is 481 g/mol. The number of alkyl halides is 3. The number of hydrogen-bond donors (Lipinski definition) is 1. The van der Waals surface area contributed by atoms with Crippen LogP contribution in [-0.2, 0) is 25.7 Å². The minimum atomic E-state index is -4.68. The van der Waals surface area contributed by atoms with Crippen LogP contribution in [0, 0.1) is 5.82 Å². The van der Waals surface area contributed by atoms with Crippen LogP contribution in [0.15, 0.2) is 47.3 Å². The zero-order chi connectivity index (χ0) is 24.9. The number of rotatable bonds is 3. The molecule has 7 nitrogen and oxygen atoms in total. The number of halogens is 4. The number of hydrogen-bond acceptors (Lipinski definition) is 4. The van der Waals surface area contributed by atoms with Crippen LogP contribution >= 0.6 is 0 Å². The lowest BCUT2D eigenvalue weighted by atomic mass is 10.00. The van der Waals surface area contributed by atoms with Crippen LogP contribution < -0.4 is 11.2 Å². The van der Waals surface area contributed by atoms with Crippen molar-refractivity contribution in [1.29, 1.82) is 0 Å². The number of aromatic amines is 1. The molecule has 0 atom stereocenters. The molecule has 176 valence electrons. The first-order valence-corrected chi connectivity index (χ1v) is 10.6. The van der Waals surface area contributed by atoms with E-state index in [-0.39, 0.29) is 48.5 Å². The molecule has 2 radical (unpaired) electrons. The summed E-state index contributed by atoms with van der Waals surface area (Å²) < 4.78 is 55.2. The lowest BCUT2D eigenvalue weighted by Gasteiger charge is -2.30. The normalized spacial score (nSPS) is 13.8. The molecule has 0 saturated carbocycles. The maximum Gasteiger partial charge on any atom is 0.449 e. The number of benzene rings is 2. The summed E-state index contributed by atoms with van der Waals surface area (Å²) in [7, 11) is 5.68. The van der Waals surface area contributed by atoms with Gasteiger partial charge in [0.05, 0.1) is 23.2 Å². The predicted molar refractivity (Wildman–Crippen MR) is 119 cm³/mol. The summed E-state index contributed by atoms with van der Waals surface area (Å²) >= 11 is 0. The highest BCUT2D eigenvalue weighted by molar-refractivity contribution is 6.31. The quantitative estimate of drug-likeness (QED) is 0.360. The number of carbonyl (C=O) groups excluding carboxylic acids is 1. The molecule has 2 aromatic carbocycles. The summed E-state index contributed by atoms with van der Waals surface area (Å²) in [6.07, 6.45) is -4.47. The van der Waals surface area contributed by atoms with Crippen molar-refractivity contribution in [3.63, 3.8) is 0 Å². The van der Waals surface area contributed by atoms with E-state index in [0.717, 1.165) is 10.6 Å². The van der Waals surface area contributed by atoms with Crippen LogP contribution in [0.1, 0.15) is 33.1 Å². The largest absolute Gasteiger partial charge is 0.449 e. The lowest BCUT2D eigenvalue weighted by molar-refractivity contribution is -0.147. The number of aromatic nitrogens is 4. The molecule has 35 heavy (non-hydrogen) atoms. The Balaban J connectivity index is 1.43. The highest BCUT2D eigenvalue weighted by Crippen LogP contribution is 2.30. The first-order chi connectivity index (χ1) is 16.6. The third-order valence-electron chi connectivity index (χ3n) is 5.99. The minimum absolute atomic E-state index is 0.0531. The molecule has 0 saturated heterocycles. The summed E-state index contributed by atoms with van der Waals surface area (Å²) in [5.41, 5.74) is 0.285. The number of fused-ring (bicyclic) bond motifs is 2. The molecule has 1 aliphatic heterocycles. The highest BCUT2D eigenvalue weighted by atomic mass is 19.4. The van der Waals surface area contributed by atoms with E-state index in [1.807, 2.05) is 0 Å². The van der Waals surface area contributed by atoms with Gasteiger partial charge in [-0.1, -0.05) is 24.3 Å². The van der Waals surface area contributed by atoms with Gasteiger partial charge in [0, 0.05) is 36.2 Å². The molecule has 4 aromatic rings. The summed E-state index contributed by atoms with van der Waals surface area (Å²) in [6.45, 7) is -0.473. The van der Waals surface area contributed by atoms with E-state index in [2.05, 4.69) is 15.2 Å². The number of H-pyrrole nitrogens is 1. The van der Waals surface area contributed by atoms with E-state index in [1.165, 1.54) is 17.0 Å². The zero-order valence-electron chi connectivity index (χ0n) is 18.1. The summed E-state index contributed by atoms with van der Waals surface area (Å²) in [5, 5.41) is 7.63. The molecular formula is C23H16BF4N5O2. The predicted octanol–water partition coefficient (Wildman–Crippen LogP) is 2.32. The summed E-state index contributed by atoms with van der Waals surface area (Å²) in [4.78, 5) is 29.8. The molecule has 2 aromatic heterocycles. The van der Waals surface area contributed by atoms with Crippen molar-refractivity contribution < 1.29 is 22.4 Å². The van der Waals surface area contributed by atoms with Gasteiger partial charge in [0.2, 0.25) is 5.82 Å². The van der Waals surface area contributed by atoms with E-state index >= 15 is 0 Å². The molecule has 0 fully saturated rings. The number of nitrogens with zero attached hydrogens (tertiary/aromatic N) is 4. The third-order valence-corrected chi connectivity index (χ3v) is 5.99. The van der Waals surface area contributed by atoms with Crippen molar-refractivity contribution in [2.24, 2.45) is 0 Å². The van der Waals surface area contributed by atoms with Crippen LogP contribution in [-0.4, -0.2) is 44.9 Å². The number of imidazole rings is 1. The topological polar surface area (TPSA) is 83.9 Å². The van der Waals surface area contributed by atoms with Gasteiger partial charge in [-0.3, -0.25) is 9.59 Å². The molecule has 1 amide bonds. The van der Waals surface area contributed by atoms with Gasteiger partial charge in [0.15, 0.2) is 0 Å².